The van der Waals surface area contributed by atoms with Crippen LogP contribution in [-0.2, 0) is 15.5 Å². The average Bonchev–Trinajstić information content (AvgIpc) is 2.12. The standard InChI is InChI=1S/C10H12Cl2O2S/c1-7-3-4-9(8(2)10(7)11)5-6-15(12,13)14/h3-4H,5-6H2,1-2H3. The summed E-state index contributed by atoms with van der Waals surface area (Å²) < 4.78 is 21.6. The Bertz CT molecular complexity index is 467. The van der Waals surface area contributed by atoms with Gasteiger partial charge in [-0.3, -0.25) is 0 Å². The summed E-state index contributed by atoms with van der Waals surface area (Å²) in [5.74, 6) is -0.0607. The molecular formula is C10H12Cl2O2S. The summed E-state index contributed by atoms with van der Waals surface area (Å²) in [6.45, 7) is 3.79. The van der Waals surface area contributed by atoms with E-state index >= 15 is 0 Å². The summed E-state index contributed by atoms with van der Waals surface area (Å²) in [6.07, 6.45) is 0.400. The van der Waals surface area contributed by atoms with Crippen molar-refractivity contribution in [1.29, 1.82) is 0 Å². The Kier molecular flexibility index (Phi) is 4.04. The lowest BCUT2D eigenvalue weighted by atomic mass is 10.0. The second-order valence-electron chi connectivity index (χ2n) is 3.47. The molecule has 0 spiro atoms. The van der Waals surface area contributed by atoms with E-state index in [9.17, 15) is 8.42 Å². The Morgan fingerprint density at radius 2 is 1.87 bits per heavy atom. The molecule has 0 saturated heterocycles. The zero-order valence-electron chi connectivity index (χ0n) is 8.55. The molecule has 15 heavy (non-hydrogen) atoms. The van der Waals surface area contributed by atoms with Crippen molar-refractivity contribution in [2.45, 2.75) is 20.3 Å². The van der Waals surface area contributed by atoms with Crippen molar-refractivity contribution in [1.82, 2.24) is 0 Å². The third kappa shape index (κ3) is 3.67. The van der Waals surface area contributed by atoms with Gasteiger partial charge >= 0.3 is 0 Å². The molecule has 0 heterocycles. The molecule has 1 aromatic rings. The van der Waals surface area contributed by atoms with Crippen LogP contribution in [-0.4, -0.2) is 14.2 Å². The van der Waals surface area contributed by atoms with Crippen LogP contribution in [0.25, 0.3) is 0 Å². The maximum Gasteiger partial charge on any atom is 0.232 e. The van der Waals surface area contributed by atoms with Crippen molar-refractivity contribution in [3.05, 3.63) is 33.8 Å². The van der Waals surface area contributed by atoms with E-state index in [4.69, 9.17) is 22.3 Å². The number of benzene rings is 1. The first-order valence-corrected chi connectivity index (χ1v) is 7.34. The van der Waals surface area contributed by atoms with Crippen molar-refractivity contribution in [3.8, 4) is 0 Å². The summed E-state index contributed by atoms with van der Waals surface area (Å²) in [5.41, 5.74) is 2.85. The maximum atomic E-state index is 10.8. The highest BCUT2D eigenvalue weighted by Gasteiger charge is 2.09. The summed E-state index contributed by atoms with van der Waals surface area (Å²) >= 11 is 6.05. The Hall–Kier alpha value is -0.250. The number of aryl methyl sites for hydroxylation is 2. The van der Waals surface area contributed by atoms with Crippen LogP contribution in [0.15, 0.2) is 12.1 Å². The van der Waals surface area contributed by atoms with Crippen LogP contribution in [0.5, 0.6) is 0 Å². The molecule has 0 N–H and O–H groups in total. The maximum absolute atomic E-state index is 10.8. The summed E-state index contributed by atoms with van der Waals surface area (Å²) in [4.78, 5) is 0. The van der Waals surface area contributed by atoms with Gasteiger partial charge in [0.05, 0.1) is 5.75 Å². The van der Waals surface area contributed by atoms with Gasteiger partial charge in [-0.1, -0.05) is 23.7 Å². The van der Waals surface area contributed by atoms with Crippen LogP contribution in [0, 0.1) is 13.8 Å². The van der Waals surface area contributed by atoms with Gasteiger partial charge in [0.1, 0.15) is 0 Å². The largest absolute Gasteiger partial charge is 0.232 e. The van der Waals surface area contributed by atoms with Gasteiger partial charge in [0.15, 0.2) is 0 Å². The molecule has 0 saturated carbocycles. The van der Waals surface area contributed by atoms with Crippen LogP contribution in [0.4, 0.5) is 0 Å². The van der Waals surface area contributed by atoms with Gasteiger partial charge in [0.2, 0.25) is 9.05 Å². The SMILES string of the molecule is Cc1ccc(CCS(=O)(=O)Cl)c(C)c1Cl. The predicted octanol–water partition coefficient (Wildman–Crippen LogP) is 3.07. The Morgan fingerprint density at radius 1 is 1.27 bits per heavy atom. The molecule has 0 aliphatic carbocycles. The molecule has 0 bridgehead atoms. The second kappa shape index (κ2) is 4.73. The summed E-state index contributed by atoms with van der Waals surface area (Å²) in [6, 6.07) is 3.77. The van der Waals surface area contributed by atoms with E-state index in [0.29, 0.717) is 11.4 Å². The molecule has 2 nitrogen and oxygen atoms in total. The van der Waals surface area contributed by atoms with Crippen molar-refractivity contribution >= 4 is 31.3 Å². The highest BCUT2D eigenvalue weighted by Crippen LogP contribution is 2.23. The monoisotopic (exact) mass is 266 g/mol. The van der Waals surface area contributed by atoms with Crippen molar-refractivity contribution in [2.75, 3.05) is 5.75 Å². The highest BCUT2D eigenvalue weighted by atomic mass is 35.7. The number of halogens is 2. The van der Waals surface area contributed by atoms with Gasteiger partial charge in [-0.25, -0.2) is 8.42 Å². The quantitative estimate of drug-likeness (QED) is 0.789. The van der Waals surface area contributed by atoms with E-state index in [2.05, 4.69) is 0 Å². The minimum absolute atomic E-state index is 0.0607. The first-order chi connectivity index (χ1) is 6.81. The normalized spacial score (nSPS) is 11.7. The van der Waals surface area contributed by atoms with Crippen LogP contribution in [0.2, 0.25) is 5.02 Å². The van der Waals surface area contributed by atoms with Crippen LogP contribution in [0.3, 0.4) is 0 Å². The molecule has 0 radical (unpaired) electrons. The van der Waals surface area contributed by atoms with Gasteiger partial charge in [-0.05, 0) is 37.0 Å². The molecule has 0 amide bonds. The van der Waals surface area contributed by atoms with Crippen molar-refractivity contribution in [3.63, 3.8) is 0 Å². The fraction of sp³-hybridized carbons (Fsp3) is 0.400. The second-order valence-corrected chi connectivity index (χ2v) is 6.75. The zero-order chi connectivity index (χ0) is 11.6. The van der Waals surface area contributed by atoms with E-state index in [1.807, 2.05) is 26.0 Å². The van der Waals surface area contributed by atoms with Gasteiger partial charge in [-0.15, -0.1) is 0 Å². The highest BCUT2D eigenvalue weighted by molar-refractivity contribution is 8.13. The minimum Gasteiger partial charge on any atom is -0.212 e. The van der Waals surface area contributed by atoms with E-state index < -0.39 is 9.05 Å². The topological polar surface area (TPSA) is 34.1 Å². The first kappa shape index (κ1) is 12.8. The van der Waals surface area contributed by atoms with Gasteiger partial charge in [0, 0.05) is 15.7 Å². The lowest BCUT2D eigenvalue weighted by Gasteiger charge is -2.08. The van der Waals surface area contributed by atoms with Crippen LogP contribution < -0.4 is 0 Å². The Balaban J connectivity index is 2.93. The fourth-order valence-corrected chi connectivity index (χ4v) is 2.24. The van der Waals surface area contributed by atoms with E-state index in [0.717, 1.165) is 16.7 Å². The van der Waals surface area contributed by atoms with E-state index in [1.54, 1.807) is 0 Å². The van der Waals surface area contributed by atoms with E-state index in [1.165, 1.54) is 0 Å². The first-order valence-electron chi connectivity index (χ1n) is 4.48. The molecule has 1 aromatic carbocycles. The molecule has 1 rings (SSSR count). The molecule has 0 unspecified atom stereocenters. The molecule has 0 fully saturated rings. The molecule has 0 atom stereocenters. The number of rotatable bonds is 3. The molecule has 5 heteroatoms. The third-order valence-electron chi connectivity index (χ3n) is 2.31. The molecular weight excluding hydrogens is 255 g/mol. The fourth-order valence-electron chi connectivity index (χ4n) is 1.36. The smallest absolute Gasteiger partial charge is 0.212 e. The Morgan fingerprint density at radius 3 is 2.40 bits per heavy atom. The molecule has 0 aromatic heterocycles. The zero-order valence-corrected chi connectivity index (χ0v) is 10.9. The van der Waals surface area contributed by atoms with Crippen LogP contribution >= 0.6 is 22.3 Å². The summed E-state index contributed by atoms with van der Waals surface area (Å²) in [7, 11) is 1.71. The van der Waals surface area contributed by atoms with Crippen molar-refractivity contribution < 1.29 is 8.42 Å². The predicted molar refractivity (Wildman–Crippen MR) is 64.3 cm³/mol. The van der Waals surface area contributed by atoms with Crippen LogP contribution in [0.1, 0.15) is 16.7 Å². The van der Waals surface area contributed by atoms with Crippen molar-refractivity contribution in [2.24, 2.45) is 0 Å². The lowest BCUT2D eigenvalue weighted by Crippen LogP contribution is -2.03. The number of hydrogen-bond donors (Lipinski definition) is 0. The summed E-state index contributed by atoms with van der Waals surface area (Å²) in [5, 5.41) is 0.694. The third-order valence-corrected chi connectivity index (χ3v) is 4.04. The average molecular weight is 267 g/mol. The van der Waals surface area contributed by atoms with Gasteiger partial charge in [-0.2, -0.15) is 0 Å². The molecule has 0 aliphatic heterocycles. The number of hydrogen-bond acceptors (Lipinski definition) is 2. The minimum atomic E-state index is -3.43. The van der Waals surface area contributed by atoms with E-state index in [-0.39, 0.29) is 5.75 Å². The molecule has 84 valence electrons. The Labute approximate surface area is 99.6 Å². The van der Waals surface area contributed by atoms with Gasteiger partial charge in [0.25, 0.3) is 0 Å². The molecule has 0 aliphatic rings. The van der Waals surface area contributed by atoms with Gasteiger partial charge < -0.3 is 0 Å². The lowest BCUT2D eigenvalue weighted by molar-refractivity contribution is 0.609.